The van der Waals surface area contributed by atoms with Gasteiger partial charge in [0.05, 0.1) is 6.61 Å². The van der Waals surface area contributed by atoms with Crippen molar-refractivity contribution in [1.29, 1.82) is 0 Å². The first kappa shape index (κ1) is 12.7. The number of rotatable bonds is 6. The normalized spacial score (nSPS) is 12.2. The quantitative estimate of drug-likeness (QED) is 0.782. The van der Waals surface area contributed by atoms with E-state index in [4.69, 9.17) is 10.5 Å². The zero-order chi connectivity index (χ0) is 12.0. The Morgan fingerprint density at radius 3 is 2.94 bits per heavy atom. The van der Waals surface area contributed by atoms with Gasteiger partial charge in [0, 0.05) is 25.4 Å². The van der Waals surface area contributed by atoms with Crippen molar-refractivity contribution < 1.29 is 4.74 Å². The standard InChI is InChI=1S/C11H20N4O/c1-4-16-10-6-8-13-11(14-10)15(3)9(2)5-7-12/h6,8-9H,4-5,7,12H2,1-3H3. The minimum Gasteiger partial charge on any atom is -0.478 e. The molecule has 16 heavy (non-hydrogen) atoms. The fourth-order valence-corrected chi connectivity index (χ4v) is 1.36. The van der Waals surface area contributed by atoms with Crippen molar-refractivity contribution in [3.63, 3.8) is 0 Å². The summed E-state index contributed by atoms with van der Waals surface area (Å²) in [5.41, 5.74) is 5.53. The molecule has 1 unspecified atom stereocenters. The smallest absolute Gasteiger partial charge is 0.228 e. The molecule has 0 radical (unpaired) electrons. The van der Waals surface area contributed by atoms with Crippen LogP contribution in [0.4, 0.5) is 5.95 Å². The van der Waals surface area contributed by atoms with E-state index in [2.05, 4.69) is 16.9 Å². The Balaban J connectivity index is 2.74. The van der Waals surface area contributed by atoms with Crippen LogP contribution in [0.15, 0.2) is 12.3 Å². The monoisotopic (exact) mass is 224 g/mol. The number of nitrogens with two attached hydrogens (primary N) is 1. The van der Waals surface area contributed by atoms with Gasteiger partial charge in [0.25, 0.3) is 0 Å². The summed E-state index contributed by atoms with van der Waals surface area (Å²) < 4.78 is 5.33. The van der Waals surface area contributed by atoms with Crippen LogP contribution in [0.5, 0.6) is 5.88 Å². The zero-order valence-corrected chi connectivity index (χ0v) is 10.2. The predicted octanol–water partition coefficient (Wildman–Crippen LogP) is 1.05. The highest BCUT2D eigenvalue weighted by atomic mass is 16.5. The molecule has 0 bridgehead atoms. The second-order valence-corrected chi connectivity index (χ2v) is 3.67. The number of aromatic nitrogens is 2. The van der Waals surface area contributed by atoms with E-state index in [9.17, 15) is 0 Å². The first-order valence-electron chi connectivity index (χ1n) is 5.57. The van der Waals surface area contributed by atoms with Crippen LogP contribution in [0, 0.1) is 0 Å². The molecule has 0 saturated heterocycles. The molecule has 0 spiro atoms. The van der Waals surface area contributed by atoms with Gasteiger partial charge < -0.3 is 15.4 Å². The van der Waals surface area contributed by atoms with Crippen molar-refractivity contribution in [3.05, 3.63) is 12.3 Å². The Bertz CT molecular complexity index is 319. The summed E-state index contributed by atoms with van der Waals surface area (Å²) in [7, 11) is 1.96. The van der Waals surface area contributed by atoms with Crippen molar-refractivity contribution in [2.24, 2.45) is 5.73 Å². The van der Waals surface area contributed by atoms with Gasteiger partial charge in [0.1, 0.15) is 0 Å². The van der Waals surface area contributed by atoms with Gasteiger partial charge in [-0.1, -0.05) is 0 Å². The lowest BCUT2D eigenvalue weighted by Crippen LogP contribution is -2.32. The van der Waals surface area contributed by atoms with Crippen molar-refractivity contribution in [2.75, 3.05) is 25.1 Å². The minimum atomic E-state index is 0.321. The lowest BCUT2D eigenvalue weighted by atomic mass is 10.2. The lowest BCUT2D eigenvalue weighted by molar-refractivity contribution is 0.326. The van der Waals surface area contributed by atoms with Gasteiger partial charge in [-0.25, -0.2) is 4.98 Å². The highest BCUT2D eigenvalue weighted by Gasteiger charge is 2.12. The van der Waals surface area contributed by atoms with Crippen molar-refractivity contribution in [1.82, 2.24) is 9.97 Å². The number of hydrogen-bond acceptors (Lipinski definition) is 5. The summed E-state index contributed by atoms with van der Waals surface area (Å²) in [5, 5.41) is 0. The fraction of sp³-hybridized carbons (Fsp3) is 0.636. The Hall–Kier alpha value is -1.36. The molecule has 0 aromatic carbocycles. The van der Waals surface area contributed by atoms with Gasteiger partial charge in [0.2, 0.25) is 11.8 Å². The first-order valence-corrected chi connectivity index (χ1v) is 5.57. The topological polar surface area (TPSA) is 64.3 Å². The van der Waals surface area contributed by atoms with Gasteiger partial charge in [0.15, 0.2) is 0 Å². The van der Waals surface area contributed by atoms with Crippen LogP contribution >= 0.6 is 0 Å². The molecule has 0 aliphatic carbocycles. The van der Waals surface area contributed by atoms with E-state index in [1.807, 2.05) is 18.9 Å². The van der Waals surface area contributed by atoms with E-state index in [0.29, 0.717) is 31.0 Å². The van der Waals surface area contributed by atoms with Crippen LogP contribution in [0.2, 0.25) is 0 Å². The second kappa shape index (κ2) is 6.27. The maximum atomic E-state index is 5.53. The van der Waals surface area contributed by atoms with Crippen LogP contribution in [0.1, 0.15) is 20.3 Å². The zero-order valence-electron chi connectivity index (χ0n) is 10.2. The van der Waals surface area contributed by atoms with E-state index in [-0.39, 0.29) is 0 Å². The van der Waals surface area contributed by atoms with Crippen LogP contribution < -0.4 is 15.4 Å². The average Bonchev–Trinajstić information content (AvgIpc) is 2.29. The van der Waals surface area contributed by atoms with Crippen molar-refractivity contribution >= 4 is 5.95 Å². The summed E-state index contributed by atoms with van der Waals surface area (Å²) in [6.07, 6.45) is 2.62. The Labute approximate surface area is 96.6 Å². The highest BCUT2D eigenvalue weighted by Crippen LogP contribution is 2.14. The predicted molar refractivity (Wildman–Crippen MR) is 64.7 cm³/mol. The fourth-order valence-electron chi connectivity index (χ4n) is 1.36. The van der Waals surface area contributed by atoms with Gasteiger partial charge >= 0.3 is 0 Å². The van der Waals surface area contributed by atoms with Gasteiger partial charge in [-0.3, -0.25) is 0 Å². The maximum Gasteiger partial charge on any atom is 0.228 e. The molecule has 0 amide bonds. The molecule has 0 aliphatic heterocycles. The largest absolute Gasteiger partial charge is 0.478 e. The first-order chi connectivity index (χ1) is 7.69. The molecule has 1 heterocycles. The van der Waals surface area contributed by atoms with Gasteiger partial charge in [-0.15, -0.1) is 0 Å². The minimum absolute atomic E-state index is 0.321. The van der Waals surface area contributed by atoms with Crippen LogP contribution in [-0.4, -0.2) is 36.2 Å². The Morgan fingerprint density at radius 1 is 1.56 bits per heavy atom. The molecule has 5 heteroatoms. The summed E-state index contributed by atoms with van der Waals surface area (Å²) in [5.74, 6) is 1.28. The summed E-state index contributed by atoms with van der Waals surface area (Å²) in [4.78, 5) is 10.5. The van der Waals surface area contributed by atoms with Crippen LogP contribution in [-0.2, 0) is 0 Å². The number of anilines is 1. The van der Waals surface area contributed by atoms with Crippen molar-refractivity contribution in [2.45, 2.75) is 26.3 Å². The maximum absolute atomic E-state index is 5.53. The molecule has 1 aromatic heterocycles. The third-order valence-corrected chi connectivity index (χ3v) is 2.47. The molecule has 1 atom stereocenters. The molecule has 0 saturated carbocycles. The average molecular weight is 224 g/mol. The number of ether oxygens (including phenoxy) is 1. The van der Waals surface area contributed by atoms with E-state index >= 15 is 0 Å². The Morgan fingerprint density at radius 2 is 2.31 bits per heavy atom. The molecule has 1 rings (SSSR count). The highest BCUT2D eigenvalue weighted by molar-refractivity contribution is 5.31. The third-order valence-electron chi connectivity index (χ3n) is 2.47. The summed E-state index contributed by atoms with van der Waals surface area (Å²) in [6.45, 7) is 5.31. The molecule has 1 aromatic rings. The number of hydrogen-bond donors (Lipinski definition) is 1. The van der Waals surface area contributed by atoms with E-state index < -0.39 is 0 Å². The van der Waals surface area contributed by atoms with E-state index in [0.717, 1.165) is 6.42 Å². The molecular weight excluding hydrogens is 204 g/mol. The molecule has 90 valence electrons. The summed E-state index contributed by atoms with van der Waals surface area (Å²) >= 11 is 0. The molecule has 0 aliphatic rings. The molecule has 0 fully saturated rings. The third kappa shape index (κ3) is 3.34. The van der Waals surface area contributed by atoms with Gasteiger partial charge in [-0.05, 0) is 26.8 Å². The van der Waals surface area contributed by atoms with E-state index in [1.165, 1.54) is 0 Å². The van der Waals surface area contributed by atoms with Gasteiger partial charge in [-0.2, -0.15) is 4.98 Å². The van der Waals surface area contributed by atoms with Crippen LogP contribution in [0.25, 0.3) is 0 Å². The van der Waals surface area contributed by atoms with Crippen LogP contribution in [0.3, 0.4) is 0 Å². The molecular formula is C11H20N4O. The second-order valence-electron chi connectivity index (χ2n) is 3.67. The van der Waals surface area contributed by atoms with Crippen molar-refractivity contribution in [3.8, 4) is 5.88 Å². The Kier molecular flexibility index (Phi) is 4.98. The SMILES string of the molecule is CCOc1ccnc(N(C)C(C)CCN)n1. The summed E-state index contributed by atoms with van der Waals surface area (Å²) in [6, 6.07) is 2.08. The number of nitrogens with zero attached hydrogens (tertiary/aromatic N) is 3. The molecule has 2 N–H and O–H groups in total. The van der Waals surface area contributed by atoms with E-state index in [1.54, 1.807) is 12.3 Å². The molecule has 5 nitrogen and oxygen atoms in total. The lowest BCUT2D eigenvalue weighted by Gasteiger charge is -2.24.